The fourth-order valence-corrected chi connectivity index (χ4v) is 4.97. The van der Waals surface area contributed by atoms with Crippen LogP contribution < -0.4 is 15.8 Å². The SMILES string of the molecule is CSc1cccc(NC(=O)[C@H]2CCCN(c3nc4cccnc4n(Cc4ccccc4)c3=O)C2)c1. The van der Waals surface area contributed by atoms with Crippen molar-refractivity contribution in [3.8, 4) is 0 Å². The predicted octanol–water partition coefficient (Wildman–Crippen LogP) is 4.42. The quantitative estimate of drug-likeness (QED) is 0.408. The predicted molar refractivity (Wildman–Crippen MR) is 141 cm³/mol. The van der Waals surface area contributed by atoms with E-state index in [9.17, 15) is 9.59 Å². The highest BCUT2D eigenvalue weighted by molar-refractivity contribution is 7.98. The monoisotopic (exact) mass is 485 g/mol. The van der Waals surface area contributed by atoms with Gasteiger partial charge in [0.15, 0.2) is 11.5 Å². The Balaban J connectivity index is 1.43. The van der Waals surface area contributed by atoms with Gasteiger partial charge < -0.3 is 10.2 Å². The van der Waals surface area contributed by atoms with Crippen LogP contribution >= 0.6 is 11.8 Å². The summed E-state index contributed by atoms with van der Waals surface area (Å²) in [6, 6.07) is 21.4. The number of carbonyl (C=O) groups excluding carboxylic acids is 1. The molecule has 1 saturated heterocycles. The lowest BCUT2D eigenvalue weighted by Crippen LogP contribution is -2.44. The summed E-state index contributed by atoms with van der Waals surface area (Å²) < 4.78 is 1.69. The van der Waals surface area contributed by atoms with Crippen LogP contribution in [0.2, 0.25) is 0 Å². The van der Waals surface area contributed by atoms with Crippen LogP contribution in [0.25, 0.3) is 11.2 Å². The zero-order valence-corrected chi connectivity index (χ0v) is 20.4. The molecule has 178 valence electrons. The minimum Gasteiger partial charge on any atom is -0.351 e. The second-order valence-corrected chi connectivity index (χ2v) is 9.54. The maximum absolute atomic E-state index is 13.6. The molecule has 0 spiro atoms. The molecule has 1 fully saturated rings. The number of rotatable bonds is 6. The Morgan fingerprint density at radius 1 is 1.11 bits per heavy atom. The number of pyridine rings is 1. The number of nitrogens with one attached hydrogen (secondary N) is 1. The van der Waals surface area contributed by atoms with Gasteiger partial charge in [0.25, 0.3) is 5.56 Å². The minimum atomic E-state index is -0.227. The number of nitrogens with zero attached hydrogens (tertiary/aromatic N) is 4. The maximum atomic E-state index is 13.6. The van der Waals surface area contributed by atoms with Gasteiger partial charge in [0.2, 0.25) is 5.91 Å². The molecule has 2 aromatic heterocycles. The lowest BCUT2D eigenvalue weighted by atomic mass is 9.97. The zero-order valence-electron chi connectivity index (χ0n) is 19.6. The number of hydrogen-bond donors (Lipinski definition) is 1. The number of benzene rings is 2. The van der Waals surface area contributed by atoms with E-state index in [-0.39, 0.29) is 17.4 Å². The molecule has 1 amide bonds. The average molecular weight is 486 g/mol. The number of hydrogen-bond acceptors (Lipinski definition) is 6. The van der Waals surface area contributed by atoms with Crippen molar-refractivity contribution in [1.29, 1.82) is 0 Å². The smallest absolute Gasteiger partial charge is 0.295 e. The molecule has 1 N–H and O–H groups in total. The van der Waals surface area contributed by atoms with Gasteiger partial charge in [0.1, 0.15) is 5.52 Å². The normalized spacial score (nSPS) is 15.8. The Bertz CT molecular complexity index is 1410. The Hall–Kier alpha value is -3.65. The first-order valence-corrected chi connectivity index (χ1v) is 12.9. The third kappa shape index (κ3) is 5.07. The molecule has 1 aliphatic rings. The fourth-order valence-electron chi connectivity index (χ4n) is 4.51. The molecule has 0 aliphatic carbocycles. The number of fused-ring (bicyclic) bond motifs is 1. The van der Waals surface area contributed by atoms with Gasteiger partial charge in [-0.05, 0) is 55.0 Å². The van der Waals surface area contributed by atoms with E-state index in [1.165, 1.54) is 0 Å². The van der Waals surface area contributed by atoms with Gasteiger partial charge in [-0.2, -0.15) is 0 Å². The van der Waals surface area contributed by atoms with E-state index in [1.807, 2.05) is 77.9 Å². The number of piperidine rings is 1. The topological polar surface area (TPSA) is 80.1 Å². The van der Waals surface area contributed by atoms with Gasteiger partial charge in [-0.1, -0.05) is 36.4 Å². The summed E-state index contributed by atoms with van der Waals surface area (Å²) in [6.45, 7) is 1.55. The second kappa shape index (κ2) is 10.3. The molecule has 7 nitrogen and oxygen atoms in total. The van der Waals surface area contributed by atoms with Crippen LogP contribution in [-0.4, -0.2) is 39.8 Å². The maximum Gasteiger partial charge on any atom is 0.295 e. The van der Waals surface area contributed by atoms with Crippen LogP contribution in [0.15, 0.2) is 82.6 Å². The molecule has 0 unspecified atom stereocenters. The van der Waals surface area contributed by atoms with E-state index in [4.69, 9.17) is 4.98 Å². The fraction of sp³-hybridized carbons (Fsp3) is 0.259. The summed E-state index contributed by atoms with van der Waals surface area (Å²) in [6.07, 6.45) is 5.28. The second-order valence-electron chi connectivity index (χ2n) is 8.66. The van der Waals surface area contributed by atoms with Gasteiger partial charge in [-0.3, -0.25) is 14.2 Å². The van der Waals surface area contributed by atoms with Crippen molar-refractivity contribution >= 4 is 40.3 Å². The summed E-state index contributed by atoms with van der Waals surface area (Å²) in [5.41, 5.74) is 2.85. The number of thioether (sulfide) groups is 1. The zero-order chi connectivity index (χ0) is 24.2. The molecule has 0 radical (unpaired) electrons. The molecule has 0 saturated carbocycles. The molecule has 4 aromatic rings. The summed E-state index contributed by atoms with van der Waals surface area (Å²) in [4.78, 5) is 38.9. The van der Waals surface area contributed by atoms with Crippen LogP contribution in [0.1, 0.15) is 18.4 Å². The summed E-state index contributed by atoms with van der Waals surface area (Å²) in [5.74, 6) is 0.124. The highest BCUT2D eigenvalue weighted by Crippen LogP contribution is 2.24. The van der Waals surface area contributed by atoms with E-state index < -0.39 is 0 Å². The average Bonchev–Trinajstić information content (AvgIpc) is 2.91. The third-order valence-electron chi connectivity index (χ3n) is 6.30. The van der Waals surface area contributed by atoms with Gasteiger partial charge >= 0.3 is 0 Å². The van der Waals surface area contributed by atoms with Gasteiger partial charge in [0.05, 0.1) is 12.5 Å². The molecule has 5 rings (SSSR count). The first-order chi connectivity index (χ1) is 17.1. The van der Waals surface area contributed by atoms with Crippen molar-refractivity contribution < 1.29 is 4.79 Å². The van der Waals surface area contributed by atoms with Crippen molar-refractivity contribution in [2.24, 2.45) is 5.92 Å². The number of anilines is 2. The molecule has 35 heavy (non-hydrogen) atoms. The lowest BCUT2D eigenvalue weighted by Gasteiger charge is -2.32. The van der Waals surface area contributed by atoms with Crippen molar-refractivity contribution in [2.45, 2.75) is 24.3 Å². The van der Waals surface area contributed by atoms with Crippen molar-refractivity contribution in [3.63, 3.8) is 0 Å². The molecule has 1 aliphatic heterocycles. The molecule has 2 aromatic carbocycles. The van der Waals surface area contributed by atoms with Crippen LogP contribution in [-0.2, 0) is 11.3 Å². The van der Waals surface area contributed by atoms with E-state index in [0.29, 0.717) is 36.6 Å². The van der Waals surface area contributed by atoms with E-state index in [0.717, 1.165) is 29.0 Å². The number of amides is 1. The number of carbonyl (C=O) groups is 1. The Kier molecular flexibility index (Phi) is 6.81. The van der Waals surface area contributed by atoms with Crippen LogP contribution in [0.4, 0.5) is 11.5 Å². The Morgan fingerprint density at radius 3 is 2.80 bits per heavy atom. The summed E-state index contributed by atoms with van der Waals surface area (Å²) in [7, 11) is 0. The molecular formula is C27H27N5O2S. The summed E-state index contributed by atoms with van der Waals surface area (Å²) in [5, 5.41) is 3.05. The first kappa shape index (κ1) is 23.1. The Labute approximate surface area is 208 Å². The molecular weight excluding hydrogens is 458 g/mol. The third-order valence-corrected chi connectivity index (χ3v) is 7.02. The lowest BCUT2D eigenvalue weighted by molar-refractivity contribution is -0.120. The van der Waals surface area contributed by atoms with Gasteiger partial charge in [-0.15, -0.1) is 11.8 Å². The highest BCUT2D eigenvalue weighted by atomic mass is 32.2. The summed E-state index contributed by atoms with van der Waals surface area (Å²) >= 11 is 1.64. The van der Waals surface area contributed by atoms with E-state index >= 15 is 0 Å². The largest absolute Gasteiger partial charge is 0.351 e. The van der Waals surface area contributed by atoms with Gasteiger partial charge in [-0.25, -0.2) is 9.97 Å². The molecule has 1 atom stereocenters. The molecule has 8 heteroatoms. The van der Waals surface area contributed by atoms with Crippen molar-refractivity contribution in [3.05, 3.63) is 88.8 Å². The van der Waals surface area contributed by atoms with E-state index in [1.54, 1.807) is 22.5 Å². The van der Waals surface area contributed by atoms with E-state index in [2.05, 4.69) is 10.3 Å². The minimum absolute atomic E-state index is 0.0278. The van der Waals surface area contributed by atoms with Gasteiger partial charge in [0, 0.05) is 29.9 Å². The molecule has 0 bridgehead atoms. The Morgan fingerprint density at radius 2 is 1.97 bits per heavy atom. The number of aromatic nitrogens is 3. The van der Waals surface area contributed by atoms with Crippen molar-refractivity contribution in [1.82, 2.24) is 14.5 Å². The van der Waals surface area contributed by atoms with Crippen molar-refractivity contribution in [2.75, 3.05) is 29.6 Å². The standard InChI is InChI=1S/C27H27N5O2S/c1-35-22-12-5-11-21(16-22)29-26(33)20-10-7-15-31(18-20)25-27(34)32(17-19-8-3-2-4-9-19)24-23(30-25)13-6-14-28-24/h2-6,8-9,11-14,16,20H,7,10,15,17-18H2,1H3,(H,29,33)/t20-/m0/s1. The highest BCUT2D eigenvalue weighted by Gasteiger charge is 2.29. The molecule has 3 heterocycles. The van der Waals surface area contributed by atoms with Crippen LogP contribution in [0.3, 0.4) is 0 Å². The van der Waals surface area contributed by atoms with Crippen LogP contribution in [0.5, 0.6) is 0 Å². The first-order valence-electron chi connectivity index (χ1n) is 11.7. The van der Waals surface area contributed by atoms with Crippen LogP contribution in [0, 0.1) is 5.92 Å².